The molecule has 1 atom stereocenters. The molecular formula is C24H25N3O6. The summed E-state index contributed by atoms with van der Waals surface area (Å²) in [6, 6.07) is 11.6. The number of esters is 1. The Morgan fingerprint density at radius 2 is 1.39 bits per heavy atom. The number of carbonyl (C=O) groups is 5. The van der Waals surface area contributed by atoms with Crippen molar-refractivity contribution >= 4 is 41.0 Å². The Labute approximate surface area is 191 Å². The lowest BCUT2D eigenvalue weighted by molar-refractivity contribution is -0.151. The van der Waals surface area contributed by atoms with Gasteiger partial charge in [-0.25, -0.2) is 4.79 Å². The van der Waals surface area contributed by atoms with Crippen LogP contribution in [0.1, 0.15) is 47.9 Å². The highest BCUT2D eigenvalue weighted by Crippen LogP contribution is 2.27. The minimum Gasteiger partial charge on any atom is -0.454 e. The molecule has 2 aromatic rings. The highest BCUT2D eigenvalue weighted by molar-refractivity contribution is 6.22. The highest BCUT2D eigenvalue weighted by atomic mass is 16.5. The van der Waals surface area contributed by atoms with E-state index in [4.69, 9.17) is 4.74 Å². The van der Waals surface area contributed by atoms with Gasteiger partial charge in [0.2, 0.25) is 5.91 Å². The fourth-order valence-corrected chi connectivity index (χ4v) is 3.51. The van der Waals surface area contributed by atoms with E-state index in [1.807, 2.05) is 13.8 Å². The van der Waals surface area contributed by atoms with Crippen LogP contribution in [0.5, 0.6) is 0 Å². The summed E-state index contributed by atoms with van der Waals surface area (Å²) in [5, 5.41) is 5.20. The van der Waals surface area contributed by atoms with Crippen LogP contribution in [0.3, 0.4) is 0 Å². The molecule has 2 aromatic carbocycles. The third-order valence-electron chi connectivity index (χ3n) is 4.94. The molecule has 33 heavy (non-hydrogen) atoms. The van der Waals surface area contributed by atoms with Gasteiger partial charge in [-0.3, -0.25) is 24.1 Å². The summed E-state index contributed by atoms with van der Waals surface area (Å²) < 4.78 is 5.17. The van der Waals surface area contributed by atoms with Crippen molar-refractivity contribution < 1.29 is 28.7 Å². The molecule has 0 aromatic heterocycles. The zero-order chi connectivity index (χ0) is 24.1. The standard InChI is InChI=1S/C24H25N3O6/c1-14(2)12-20(27-22(30)18-6-4-5-7-19(18)23(27)31)24(32)33-13-21(29)26-17-10-8-16(9-11-17)25-15(3)28/h4-11,14,20H,12-13H2,1-3H3,(H,25,28)(H,26,29)/t20-/m0/s1. The van der Waals surface area contributed by atoms with Gasteiger partial charge in [0, 0.05) is 18.3 Å². The number of carbonyl (C=O) groups excluding carboxylic acids is 5. The summed E-state index contributed by atoms with van der Waals surface area (Å²) in [6.45, 7) is 4.52. The maximum Gasteiger partial charge on any atom is 0.329 e. The fraction of sp³-hybridized carbons (Fsp3) is 0.292. The van der Waals surface area contributed by atoms with Gasteiger partial charge in [-0.2, -0.15) is 0 Å². The summed E-state index contributed by atoms with van der Waals surface area (Å²) in [7, 11) is 0. The molecule has 0 fully saturated rings. The molecule has 0 aliphatic carbocycles. The van der Waals surface area contributed by atoms with E-state index in [0.717, 1.165) is 4.90 Å². The van der Waals surface area contributed by atoms with E-state index in [2.05, 4.69) is 10.6 Å². The third-order valence-corrected chi connectivity index (χ3v) is 4.94. The second-order valence-electron chi connectivity index (χ2n) is 8.09. The number of anilines is 2. The fourth-order valence-electron chi connectivity index (χ4n) is 3.51. The Kier molecular flexibility index (Phi) is 7.22. The van der Waals surface area contributed by atoms with Crippen molar-refractivity contribution in [1.82, 2.24) is 4.90 Å². The minimum atomic E-state index is -1.14. The number of benzene rings is 2. The maximum absolute atomic E-state index is 12.8. The summed E-state index contributed by atoms with van der Waals surface area (Å²) in [4.78, 5) is 62.7. The van der Waals surface area contributed by atoms with Crippen molar-refractivity contribution in [2.75, 3.05) is 17.2 Å². The van der Waals surface area contributed by atoms with E-state index < -0.39 is 36.3 Å². The van der Waals surface area contributed by atoms with Crippen LogP contribution in [-0.4, -0.2) is 47.1 Å². The first-order chi connectivity index (χ1) is 15.7. The number of nitrogens with zero attached hydrogens (tertiary/aromatic N) is 1. The molecule has 0 bridgehead atoms. The molecule has 4 amide bonds. The van der Waals surface area contributed by atoms with Crippen molar-refractivity contribution in [1.29, 1.82) is 0 Å². The normalized spacial score (nSPS) is 13.5. The van der Waals surface area contributed by atoms with Gasteiger partial charge in [0.05, 0.1) is 11.1 Å². The Hall–Kier alpha value is -4.01. The van der Waals surface area contributed by atoms with Gasteiger partial charge in [-0.15, -0.1) is 0 Å². The number of nitrogens with one attached hydrogen (secondary N) is 2. The number of rotatable bonds is 8. The summed E-state index contributed by atoms with van der Waals surface area (Å²) >= 11 is 0. The lowest BCUT2D eigenvalue weighted by Gasteiger charge is -2.25. The molecule has 9 heteroatoms. The van der Waals surface area contributed by atoms with Gasteiger partial charge >= 0.3 is 5.97 Å². The van der Waals surface area contributed by atoms with E-state index in [1.165, 1.54) is 19.1 Å². The van der Waals surface area contributed by atoms with E-state index in [-0.39, 0.29) is 29.4 Å². The van der Waals surface area contributed by atoms with Crippen LogP contribution in [0.4, 0.5) is 11.4 Å². The largest absolute Gasteiger partial charge is 0.454 e. The number of amides is 4. The molecule has 0 radical (unpaired) electrons. The molecule has 0 saturated carbocycles. The zero-order valence-corrected chi connectivity index (χ0v) is 18.6. The topological polar surface area (TPSA) is 122 Å². The smallest absolute Gasteiger partial charge is 0.329 e. The number of imide groups is 1. The quantitative estimate of drug-likeness (QED) is 0.470. The third kappa shape index (κ3) is 5.62. The van der Waals surface area contributed by atoms with Gasteiger partial charge in [-0.1, -0.05) is 26.0 Å². The molecule has 0 spiro atoms. The first-order valence-electron chi connectivity index (χ1n) is 10.5. The molecule has 0 unspecified atom stereocenters. The Morgan fingerprint density at radius 3 is 1.88 bits per heavy atom. The van der Waals surface area contributed by atoms with Crippen LogP contribution in [0.15, 0.2) is 48.5 Å². The number of hydrogen-bond donors (Lipinski definition) is 2. The van der Waals surface area contributed by atoms with Crippen molar-refractivity contribution in [3.8, 4) is 0 Å². The van der Waals surface area contributed by atoms with Crippen molar-refractivity contribution in [3.63, 3.8) is 0 Å². The van der Waals surface area contributed by atoms with Gasteiger partial charge < -0.3 is 15.4 Å². The summed E-state index contributed by atoms with van der Waals surface area (Å²) in [5.74, 6) is -2.74. The van der Waals surface area contributed by atoms with Gasteiger partial charge in [0.15, 0.2) is 6.61 Å². The summed E-state index contributed by atoms with van der Waals surface area (Å²) in [6.07, 6.45) is 0.205. The number of fused-ring (bicyclic) bond motifs is 1. The number of ether oxygens (including phenoxy) is 1. The van der Waals surface area contributed by atoms with Crippen molar-refractivity contribution in [2.45, 2.75) is 33.2 Å². The molecule has 1 aliphatic heterocycles. The maximum atomic E-state index is 12.8. The summed E-state index contributed by atoms with van der Waals surface area (Å²) in [5.41, 5.74) is 1.50. The Bertz CT molecular complexity index is 1060. The van der Waals surface area contributed by atoms with Crippen LogP contribution in [0.2, 0.25) is 0 Å². The lowest BCUT2D eigenvalue weighted by Crippen LogP contribution is -2.46. The van der Waals surface area contributed by atoms with Gasteiger partial charge in [0.25, 0.3) is 17.7 Å². The highest BCUT2D eigenvalue weighted by Gasteiger charge is 2.43. The Morgan fingerprint density at radius 1 is 0.879 bits per heavy atom. The molecule has 172 valence electrons. The number of hydrogen-bond acceptors (Lipinski definition) is 6. The van der Waals surface area contributed by atoms with Crippen LogP contribution in [0.25, 0.3) is 0 Å². The molecule has 3 rings (SSSR count). The SMILES string of the molecule is CC(=O)Nc1ccc(NC(=O)COC(=O)[C@H](CC(C)C)N2C(=O)c3ccccc3C2=O)cc1. The molecule has 1 heterocycles. The second kappa shape index (κ2) is 10.1. The predicted molar refractivity (Wildman–Crippen MR) is 121 cm³/mol. The monoisotopic (exact) mass is 451 g/mol. The van der Waals surface area contributed by atoms with Crippen LogP contribution in [0, 0.1) is 5.92 Å². The molecule has 2 N–H and O–H groups in total. The zero-order valence-electron chi connectivity index (χ0n) is 18.6. The van der Waals surface area contributed by atoms with E-state index in [9.17, 15) is 24.0 Å². The first kappa shape index (κ1) is 23.6. The van der Waals surface area contributed by atoms with E-state index in [0.29, 0.717) is 11.4 Å². The minimum absolute atomic E-state index is 0.0113. The van der Waals surface area contributed by atoms with Gasteiger partial charge in [0.1, 0.15) is 6.04 Å². The molecular weight excluding hydrogens is 426 g/mol. The van der Waals surface area contributed by atoms with Gasteiger partial charge in [-0.05, 0) is 48.7 Å². The molecule has 0 saturated heterocycles. The van der Waals surface area contributed by atoms with E-state index >= 15 is 0 Å². The lowest BCUT2D eigenvalue weighted by atomic mass is 10.0. The molecule has 9 nitrogen and oxygen atoms in total. The molecule has 1 aliphatic rings. The van der Waals surface area contributed by atoms with Crippen LogP contribution in [-0.2, 0) is 19.1 Å². The van der Waals surface area contributed by atoms with E-state index in [1.54, 1.807) is 36.4 Å². The average Bonchev–Trinajstić information content (AvgIpc) is 3.01. The Balaban J connectivity index is 1.64. The average molecular weight is 451 g/mol. The van der Waals surface area contributed by atoms with Crippen LogP contribution >= 0.6 is 0 Å². The first-order valence-corrected chi connectivity index (χ1v) is 10.5. The second-order valence-corrected chi connectivity index (χ2v) is 8.09. The predicted octanol–water partition coefficient (Wildman–Crippen LogP) is 2.84. The van der Waals surface area contributed by atoms with Crippen molar-refractivity contribution in [3.05, 3.63) is 59.7 Å². The van der Waals surface area contributed by atoms with Crippen molar-refractivity contribution in [2.24, 2.45) is 5.92 Å². The van der Waals surface area contributed by atoms with Crippen LogP contribution < -0.4 is 10.6 Å².